The second-order valence-electron chi connectivity index (χ2n) is 6.37. The monoisotopic (exact) mass is 298 g/mol. The van der Waals surface area contributed by atoms with Gasteiger partial charge < -0.3 is 15.2 Å². The van der Waals surface area contributed by atoms with Crippen molar-refractivity contribution >= 4 is 11.9 Å². The highest BCUT2D eigenvalue weighted by atomic mass is 16.5. The first-order valence-corrected chi connectivity index (χ1v) is 7.83. The van der Waals surface area contributed by atoms with E-state index in [-0.39, 0.29) is 12.5 Å². The second-order valence-corrected chi connectivity index (χ2v) is 6.37. The molecule has 0 aromatic heterocycles. The molecule has 2 unspecified atom stereocenters. The van der Waals surface area contributed by atoms with Crippen LogP contribution in [-0.2, 0) is 14.3 Å². The second kappa shape index (κ2) is 7.22. The average Bonchev–Trinajstić information content (AvgIpc) is 2.68. The summed E-state index contributed by atoms with van der Waals surface area (Å²) in [6, 6.07) is 0.531. The summed E-state index contributed by atoms with van der Waals surface area (Å²) in [4.78, 5) is 25.3. The molecule has 0 aromatic carbocycles. The molecule has 6 nitrogen and oxygen atoms in total. The molecule has 2 rings (SSSR count). The van der Waals surface area contributed by atoms with Crippen LogP contribution in [0.5, 0.6) is 0 Å². The average molecular weight is 298 g/mol. The van der Waals surface area contributed by atoms with E-state index in [1.807, 2.05) is 6.92 Å². The first kappa shape index (κ1) is 16.2. The van der Waals surface area contributed by atoms with Gasteiger partial charge in [-0.1, -0.05) is 13.3 Å². The lowest BCUT2D eigenvalue weighted by Crippen LogP contribution is -2.44. The first-order valence-electron chi connectivity index (χ1n) is 7.83. The van der Waals surface area contributed by atoms with E-state index in [1.54, 1.807) is 0 Å². The van der Waals surface area contributed by atoms with Gasteiger partial charge in [-0.05, 0) is 25.7 Å². The summed E-state index contributed by atoms with van der Waals surface area (Å²) in [6.07, 6.45) is 4.78. The first-order chi connectivity index (χ1) is 10.0. The third-order valence-electron chi connectivity index (χ3n) is 4.81. The van der Waals surface area contributed by atoms with Gasteiger partial charge in [0, 0.05) is 24.5 Å². The Morgan fingerprint density at radius 1 is 1.29 bits per heavy atom. The number of amides is 1. The van der Waals surface area contributed by atoms with E-state index in [4.69, 9.17) is 9.84 Å². The van der Waals surface area contributed by atoms with Crippen molar-refractivity contribution in [2.75, 3.05) is 32.8 Å². The van der Waals surface area contributed by atoms with Crippen molar-refractivity contribution in [1.29, 1.82) is 0 Å². The summed E-state index contributed by atoms with van der Waals surface area (Å²) in [5.74, 6) is -1.11. The van der Waals surface area contributed by atoms with Gasteiger partial charge in [-0.3, -0.25) is 14.5 Å². The van der Waals surface area contributed by atoms with Crippen LogP contribution in [0.4, 0.5) is 0 Å². The number of carboxylic acids is 1. The van der Waals surface area contributed by atoms with E-state index in [0.717, 1.165) is 58.4 Å². The molecule has 6 heteroatoms. The summed E-state index contributed by atoms with van der Waals surface area (Å²) < 4.78 is 5.39. The fourth-order valence-corrected chi connectivity index (χ4v) is 3.39. The van der Waals surface area contributed by atoms with Crippen LogP contribution in [0.1, 0.15) is 39.0 Å². The molecule has 0 aromatic rings. The molecule has 1 saturated carbocycles. The van der Waals surface area contributed by atoms with E-state index < -0.39 is 11.4 Å². The van der Waals surface area contributed by atoms with Gasteiger partial charge in [-0.2, -0.15) is 0 Å². The minimum Gasteiger partial charge on any atom is -0.480 e. The summed E-state index contributed by atoms with van der Waals surface area (Å²) in [7, 11) is 0. The highest BCUT2D eigenvalue weighted by Crippen LogP contribution is 2.36. The molecule has 1 saturated heterocycles. The zero-order chi connectivity index (χ0) is 15.3. The number of morpholine rings is 1. The van der Waals surface area contributed by atoms with Crippen molar-refractivity contribution in [1.82, 2.24) is 10.2 Å². The topological polar surface area (TPSA) is 78.9 Å². The molecule has 2 N–H and O–H groups in total. The van der Waals surface area contributed by atoms with Crippen molar-refractivity contribution in [3.8, 4) is 0 Å². The van der Waals surface area contributed by atoms with Crippen LogP contribution in [0.15, 0.2) is 0 Å². The number of carbonyl (C=O) groups is 2. The quantitative estimate of drug-likeness (QED) is 0.753. The van der Waals surface area contributed by atoms with Crippen LogP contribution in [0, 0.1) is 5.41 Å². The molecular weight excluding hydrogens is 272 g/mol. The van der Waals surface area contributed by atoms with Crippen molar-refractivity contribution < 1.29 is 19.4 Å². The lowest BCUT2D eigenvalue weighted by atomic mass is 9.81. The molecule has 0 spiro atoms. The van der Waals surface area contributed by atoms with Gasteiger partial charge in [0.2, 0.25) is 5.91 Å². The van der Waals surface area contributed by atoms with Gasteiger partial charge >= 0.3 is 5.97 Å². The maximum Gasteiger partial charge on any atom is 0.322 e. The van der Waals surface area contributed by atoms with Gasteiger partial charge in [0.1, 0.15) is 6.54 Å². The Hall–Kier alpha value is -1.14. The molecule has 2 aliphatic rings. The molecule has 1 heterocycles. The van der Waals surface area contributed by atoms with Crippen molar-refractivity contribution in [3.05, 3.63) is 0 Å². The lowest BCUT2D eigenvalue weighted by molar-refractivity contribution is -0.140. The van der Waals surface area contributed by atoms with Crippen LogP contribution in [0.3, 0.4) is 0 Å². The molecule has 1 amide bonds. The van der Waals surface area contributed by atoms with Gasteiger partial charge in [0.15, 0.2) is 0 Å². The van der Waals surface area contributed by atoms with E-state index in [9.17, 15) is 9.59 Å². The predicted molar refractivity (Wildman–Crippen MR) is 78.0 cm³/mol. The molecular formula is C15H26N2O4. The minimum atomic E-state index is -0.994. The Morgan fingerprint density at radius 3 is 2.67 bits per heavy atom. The molecule has 0 bridgehead atoms. The minimum absolute atomic E-state index is 0.118. The number of aliphatic carboxylic acids is 1. The summed E-state index contributed by atoms with van der Waals surface area (Å²) in [6.45, 7) is 5.23. The van der Waals surface area contributed by atoms with Crippen molar-refractivity contribution in [3.63, 3.8) is 0 Å². The zero-order valence-corrected chi connectivity index (χ0v) is 12.8. The normalized spacial score (nSPS) is 31.4. The highest BCUT2D eigenvalue weighted by Gasteiger charge is 2.36. The smallest absolute Gasteiger partial charge is 0.322 e. The maximum atomic E-state index is 12.3. The van der Waals surface area contributed by atoms with E-state index in [2.05, 4.69) is 10.2 Å². The van der Waals surface area contributed by atoms with Gasteiger partial charge in [0.05, 0.1) is 13.2 Å². The molecule has 2 atom stereocenters. The van der Waals surface area contributed by atoms with E-state index in [0.29, 0.717) is 6.04 Å². The predicted octanol–water partition coefficient (Wildman–Crippen LogP) is 0.858. The number of ether oxygens (including phenoxy) is 1. The Morgan fingerprint density at radius 2 is 2.00 bits per heavy atom. The molecule has 1 aliphatic carbocycles. The molecule has 1 aliphatic heterocycles. The Balaban J connectivity index is 1.89. The third kappa shape index (κ3) is 4.41. The Labute approximate surface area is 125 Å². The van der Waals surface area contributed by atoms with Crippen LogP contribution in [0.2, 0.25) is 0 Å². The maximum absolute atomic E-state index is 12.3. The standard InChI is InChI=1S/C15H26N2O4/c1-15(14(20)16-11-13(18)19)5-2-3-12(4-6-15)17-7-9-21-10-8-17/h12H,2-11H2,1H3,(H,16,20)(H,18,19). The Kier molecular flexibility index (Phi) is 5.58. The number of rotatable bonds is 4. The van der Waals surface area contributed by atoms with Crippen LogP contribution in [0.25, 0.3) is 0 Å². The zero-order valence-electron chi connectivity index (χ0n) is 12.8. The fourth-order valence-electron chi connectivity index (χ4n) is 3.39. The van der Waals surface area contributed by atoms with Gasteiger partial charge in [0.25, 0.3) is 0 Å². The molecule has 2 fully saturated rings. The molecule has 120 valence electrons. The number of carboxylic acid groups (broad SMARTS) is 1. The number of carbonyl (C=O) groups excluding carboxylic acids is 1. The lowest BCUT2D eigenvalue weighted by Gasteiger charge is -2.34. The fraction of sp³-hybridized carbons (Fsp3) is 0.867. The number of hydrogen-bond acceptors (Lipinski definition) is 4. The van der Waals surface area contributed by atoms with Gasteiger partial charge in [-0.25, -0.2) is 0 Å². The van der Waals surface area contributed by atoms with E-state index in [1.165, 1.54) is 0 Å². The van der Waals surface area contributed by atoms with Crippen LogP contribution in [-0.4, -0.2) is 60.8 Å². The van der Waals surface area contributed by atoms with Crippen LogP contribution >= 0.6 is 0 Å². The summed E-state index contributed by atoms with van der Waals surface area (Å²) in [5, 5.41) is 11.2. The Bertz CT molecular complexity index is 382. The number of hydrogen-bond donors (Lipinski definition) is 2. The van der Waals surface area contributed by atoms with Crippen molar-refractivity contribution in [2.24, 2.45) is 5.41 Å². The molecule has 21 heavy (non-hydrogen) atoms. The number of nitrogens with zero attached hydrogens (tertiary/aromatic N) is 1. The van der Waals surface area contributed by atoms with Gasteiger partial charge in [-0.15, -0.1) is 0 Å². The number of nitrogens with one attached hydrogen (secondary N) is 1. The van der Waals surface area contributed by atoms with Crippen molar-refractivity contribution in [2.45, 2.75) is 45.1 Å². The highest BCUT2D eigenvalue weighted by molar-refractivity contribution is 5.85. The summed E-state index contributed by atoms with van der Waals surface area (Å²) >= 11 is 0. The largest absolute Gasteiger partial charge is 0.480 e. The third-order valence-corrected chi connectivity index (χ3v) is 4.81. The summed E-state index contributed by atoms with van der Waals surface area (Å²) in [5.41, 5.74) is -0.434. The van der Waals surface area contributed by atoms with Crippen LogP contribution < -0.4 is 5.32 Å². The van der Waals surface area contributed by atoms with E-state index >= 15 is 0 Å². The SMILES string of the molecule is CC1(C(=O)NCC(=O)O)CCCC(N2CCOCC2)CC1. The molecule has 0 radical (unpaired) electrons.